The summed E-state index contributed by atoms with van der Waals surface area (Å²) in [5.74, 6) is 0.176. The third-order valence-corrected chi connectivity index (χ3v) is 4.88. The number of pyridine rings is 1. The van der Waals surface area contributed by atoms with Crippen LogP contribution in [-0.4, -0.2) is 20.4 Å². The van der Waals surface area contributed by atoms with Crippen LogP contribution in [0.3, 0.4) is 0 Å². The van der Waals surface area contributed by atoms with Crippen LogP contribution in [0.25, 0.3) is 11.0 Å². The number of aryl methyl sites for hydroxylation is 1. The number of nitrogens with one attached hydrogen (secondary N) is 2. The van der Waals surface area contributed by atoms with E-state index in [2.05, 4.69) is 14.4 Å². The van der Waals surface area contributed by atoms with Crippen molar-refractivity contribution < 1.29 is 12.8 Å². The van der Waals surface area contributed by atoms with Crippen LogP contribution in [0, 0.1) is 6.92 Å². The first kappa shape index (κ1) is 17.1. The summed E-state index contributed by atoms with van der Waals surface area (Å²) in [5.41, 5.74) is 2.01. The quantitative estimate of drug-likeness (QED) is 0.678. The van der Waals surface area contributed by atoms with Gasteiger partial charge in [-0.2, -0.15) is 8.42 Å². The van der Waals surface area contributed by atoms with Gasteiger partial charge in [-0.25, -0.2) is 14.5 Å². The SMILES string of the molecule is CNS(=O)(=O)Nc1cccc(Cc2c(C)c3ccccc3oc2=O)n1. The van der Waals surface area contributed by atoms with Crippen LogP contribution < -0.4 is 15.1 Å². The van der Waals surface area contributed by atoms with Gasteiger partial charge in [0.25, 0.3) is 10.2 Å². The molecule has 0 aliphatic rings. The summed E-state index contributed by atoms with van der Waals surface area (Å²) in [4.78, 5) is 16.6. The highest BCUT2D eigenvalue weighted by molar-refractivity contribution is 7.90. The van der Waals surface area contributed by atoms with Crippen LogP contribution in [0.2, 0.25) is 0 Å². The highest BCUT2D eigenvalue weighted by atomic mass is 32.2. The van der Waals surface area contributed by atoms with Crippen molar-refractivity contribution in [1.29, 1.82) is 0 Å². The molecule has 0 spiro atoms. The fraction of sp³-hybridized carbons (Fsp3) is 0.176. The van der Waals surface area contributed by atoms with Crippen LogP contribution in [0.5, 0.6) is 0 Å². The van der Waals surface area contributed by atoms with Crippen LogP contribution in [0.1, 0.15) is 16.8 Å². The number of para-hydroxylation sites is 1. The van der Waals surface area contributed by atoms with Gasteiger partial charge in [0, 0.05) is 30.1 Å². The lowest BCUT2D eigenvalue weighted by Crippen LogP contribution is -2.27. The van der Waals surface area contributed by atoms with E-state index in [1.807, 2.05) is 25.1 Å². The van der Waals surface area contributed by atoms with Crippen molar-refractivity contribution in [2.24, 2.45) is 0 Å². The van der Waals surface area contributed by atoms with Crippen molar-refractivity contribution in [1.82, 2.24) is 9.71 Å². The maximum absolute atomic E-state index is 12.3. The lowest BCUT2D eigenvalue weighted by Gasteiger charge is -2.09. The molecule has 130 valence electrons. The molecule has 0 fully saturated rings. The maximum atomic E-state index is 12.3. The van der Waals surface area contributed by atoms with E-state index >= 15 is 0 Å². The number of hydrogen-bond acceptors (Lipinski definition) is 5. The average molecular weight is 359 g/mol. The highest BCUT2D eigenvalue weighted by Crippen LogP contribution is 2.20. The minimum absolute atomic E-state index is 0.176. The molecule has 0 saturated carbocycles. The molecule has 8 heteroatoms. The van der Waals surface area contributed by atoms with Gasteiger partial charge in [0.15, 0.2) is 0 Å². The zero-order valence-corrected chi connectivity index (χ0v) is 14.6. The summed E-state index contributed by atoms with van der Waals surface area (Å²) in [5, 5.41) is 0.865. The Morgan fingerprint density at radius 3 is 2.64 bits per heavy atom. The molecule has 0 bridgehead atoms. The Balaban J connectivity index is 1.98. The minimum Gasteiger partial charge on any atom is -0.423 e. The molecule has 0 aliphatic heterocycles. The third-order valence-electron chi connectivity index (χ3n) is 3.87. The number of hydrogen-bond donors (Lipinski definition) is 2. The second kappa shape index (κ2) is 6.66. The van der Waals surface area contributed by atoms with Gasteiger partial charge in [-0.05, 0) is 30.7 Å². The van der Waals surface area contributed by atoms with Crippen LogP contribution in [0.4, 0.5) is 5.82 Å². The molecular weight excluding hydrogens is 342 g/mol. The maximum Gasteiger partial charge on any atom is 0.340 e. The summed E-state index contributed by atoms with van der Waals surface area (Å²) < 4.78 is 33.0. The normalized spacial score (nSPS) is 11.6. The van der Waals surface area contributed by atoms with Crippen molar-refractivity contribution >= 4 is 27.0 Å². The summed E-state index contributed by atoms with van der Waals surface area (Å²) in [6, 6.07) is 12.3. The molecule has 0 radical (unpaired) electrons. The summed E-state index contributed by atoms with van der Waals surface area (Å²) in [6.07, 6.45) is 0.244. The number of nitrogens with zero attached hydrogens (tertiary/aromatic N) is 1. The lowest BCUT2D eigenvalue weighted by atomic mass is 10.0. The molecule has 0 aliphatic carbocycles. The predicted octanol–water partition coefficient (Wildman–Crippen LogP) is 1.96. The van der Waals surface area contributed by atoms with E-state index in [1.54, 1.807) is 18.2 Å². The predicted molar refractivity (Wildman–Crippen MR) is 95.9 cm³/mol. The van der Waals surface area contributed by atoms with Gasteiger partial charge in [0.1, 0.15) is 11.4 Å². The Morgan fingerprint density at radius 1 is 1.12 bits per heavy atom. The number of benzene rings is 1. The monoisotopic (exact) mass is 359 g/mol. The molecule has 0 amide bonds. The smallest absolute Gasteiger partial charge is 0.340 e. The van der Waals surface area contributed by atoms with Crippen LogP contribution >= 0.6 is 0 Å². The van der Waals surface area contributed by atoms with Crippen LogP contribution in [0.15, 0.2) is 51.7 Å². The van der Waals surface area contributed by atoms with Gasteiger partial charge >= 0.3 is 5.63 Å². The molecule has 0 saturated heterocycles. The molecule has 2 N–H and O–H groups in total. The van der Waals surface area contributed by atoms with Crippen LogP contribution in [-0.2, 0) is 16.6 Å². The molecule has 0 atom stereocenters. The molecule has 2 aromatic heterocycles. The Morgan fingerprint density at radius 2 is 1.88 bits per heavy atom. The van der Waals surface area contributed by atoms with Gasteiger partial charge in [-0.3, -0.25) is 4.72 Å². The summed E-state index contributed by atoms with van der Waals surface area (Å²) in [6.45, 7) is 1.86. The van der Waals surface area contributed by atoms with Gasteiger partial charge in [0.05, 0.1) is 0 Å². The Labute approximate surface area is 144 Å². The number of rotatable bonds is 5. The van der Waals surface area contributed by atoms with Crippen molar-refractivity contribution in [3.05, 3.63) is 69.7 Å². The zero-order chi connectivity index (χ0) is 18.0. The first-order chi connectivity index (χ1) is 11.9. The van der Waals surface area contributed by atoms with Crippen molar-refractivity contribution in [2.75, 3.05) is 11.8 Å². The zero-order valence-electron chi connectivity index (χ0n) is 13.7. The van der Waals surface area contributed by atoms with Gasteiger partial charge in [-0.1, -0.05) is 24.3 Å². The minimum atomic E-state index is -3.65. The molecule has 1 aromatic carbocycles. The number of anilines is 1. The van der Waals surface area contributed by atoms with Crippen molar-refractivity contribution in [3.63, 3.8) is 0 Å². The molecular formula is C17H17N3O4S. The molecule has 7 nitrogen and oxygen atoms in total. The highest BCUT2D eigenvalue weighted by Gasteiger charge is 2.13. The Kier molecular flexibility index (Phi) is 4.56. The standard InChI is InChI=1S/C17H17N3O4S/c1-11-13-7-3-4-8-15(13)24-17(21)14(11)10-12-6-5-9-16(19-12)20-25(22,23)18-2/h3-9,18H,10H2,1-2H3,(H,19,20). The van der Waals surface area contributed by atoms with E-state index in [1.165, 1.54) is 13.1 Å². The van der Waals surface area contributed by atoms with E-state index in [-0.39, 0.29) is 12.2 Å². The summed E-state index contributed by atoms with van der Waals surface area (Å²) in [7, 11) is -2.35. The molecule has 25 heavy (non-hydrogen) atoms. The average Bonchev–Trinajstić information content (AvgIpc) is 2.58. The number of fused-ring (bicyclic) bond motifs is 1. The van der Waals surface area contributed by atoms with Crippen molar-refractivity contribution in [2.45, 2.75) is 13.3 Å². The lowest BCUT2D eigenvalue weighted by molar-refractivity contribution is 0.550. The van der Waals surface area contributed by atoms with E-state index in [0.717, 1.165) is 10.9 Å². The fourth-order valence-electron chi connectivity index (χ4n) is 2.55. The van der Waals surface area contributed by atoms with E-state index < -0.39 is 15.8 Å². The van der Waals surface area contributed by atoms with Gasteiger partial charge < -0.3 is 4.42 Å². The van der Waals surface area contributed by atoms with Gasteiger partial charge in [-0.15, -0.1) is 0 Å². The molecule has 3 rings (SSSR count). The van der Waals surface area contributed by atoms with Gasteiger partial charge in [0.2, 0.25) is 0 Å². The third kappa shape index (κ3) is 3.70. The van der Waals surface area contributed by atoms with E-state index in [4.69, 9.17) is 4.42 Å². The first-order valence-electron chi connectivity index (χ1n) is 7.58. The number of aromatic nitrogens is 1. The van der Waals surface area contributed by atoms with E-state index in [9.17, 15) is 13.2 Å². The molecule has 2 heterocycles. The van der Waals surface area contributed by atoms with E-state index in [0.29, 0.717) is 16.8 Å². The Hall–Kier alpha value is -2.71. The fourth-order valence-corrected chi connectivity index (χ4v) is 3.04. The topological polar surface area (TPSA) is 101 Å². The second-order valence-corrected chi connectivity index (χ2v) is 7.11. The van der Waals surface area contributed by atoms with Crippen molar-refractivity contribution in [3.8, 4) is 0 Å². The summed E-state index contributed by atoms with van der Waals surface area (Å²) >= 11 is 0. The first-order valence-corrected chi connectivity index (χ1v) is 9.06. The molecule has 3 aromatic rings. The Bertz CT molecular complexity index is 1090. The largest absolute Gasteiger partial charge is 0.423 e. The second-order valence-electron chi connectivity index (χ2n) is 5.49. The molecule has 0 unspecified atom stereocenters.